The van der Waals surface area contributed by atoms with Crippen LogP contribution in [-0.2, 0) is 4.79 Å². The number of carbonyl (C=O) groups excluding carboxylic acids is 1. The minimum Gasteiger partial charge on any atom is -0.489 e. The van der Waals surface area contributed by atoms with Crippen molar-refractivity contribution in [2.75, 3.05) is 5.32 Å². The van der Waals surface area contributed by atoms with Gasteiger partial charge in [0.2, 0.25) is 5.91 Å². The fourth-order valence-corrected chi connectivity index (χ4v) is 2.82. The van der Waals surface area contributed by atoms with Gasteiger partial charge < -0.3 is 15.8 Å². The van der Waals surface area contributed by atoms with E-state index in [0.29, 0.717) is 16.5 Å². The monoisotopic (exact) mass is 346 g/mol. The molecule has 0 saturated heterocycles. The number of nitrogens with one attached hydrogen (secondary N) is 1. The number of anilines is 1. The molecule has 1 fully saturated rings. The molecule has 1 aromatic rings. The van der Waals surface area contributed by atoms with Crippen LogP contribution in [0.5, 0.6) is 5.75 Å². The molecule has 0 heterocycles. The third-order valence-electron chi connectivity index (χ3n) is 3.75. The molecule has 1 aliphatic rings. The highest BCUT2D eigenvalue weighted by Gasteiger charge is 2.35. The van der Waals surface area contributed by atoms with E-state index in [9.17, 15) is 4.79 Å². The molecule has 2 rings (SSSR count). The van der Waals surface area contributed by atoms with Crippen molar-refractivity contribution in [3.63, 3.8) is 0 Å². The van der Waals surface area contributed by atoms with Gasteiger partial charge in [0.05, 0.1) is 16.7 Å². The highest BCUT2D eigenvalue weighted by atomic mass is 35.5. The van der Waals surface area contributed by atoms with Gasteiger partial charge in [-0.05, 0) is 44.9 Å². The summed E-state index contributed by atoms with van der Waals surface area (Å²) in [4.78, 5) is 12.4. The van der Waals surface area contributed by atoms with Crippen LogP contribution in [0.4, 0.5) is 5.69 Å². The normalized spacial score (nSPS) is 16.8. The first-order valence-electron chi connectivity index (χ1n) is 7.47. The lowest BCUT2D eigenvalue weighted by Gasteiger charge is -2.31. The third kappa shape index (κ3) is 4.77. The number of carbonyl (C=O) groups is 1. The molecule has 0 unspecified atom stereocenters. The molecule has 3 N–H and O–H groups in total. The van der Waals surface area contributed by atoms with Crippen LogP contribution in [0.15, 0.2) is 18.2 Å². The maximum absolute atomic E-state index is 12.4. The van der Waals surface area contributed by atoms with Crippen molar-refractivity contribution in [2.24, 2.45) is 5.73 Å². The molecule has 124 valence electrons. The number of ether oxygens (including phenoxy) is 1. The Morgan fingerprint density at radius 1 is 1.32 bits per heavy atom. The summed E-state index contributed by atoms with van der Waals surface area (Å²) in [7, 11) is 0. The fraction of sp³-hybridized carbons (Fsp3) is 0.562. The molecular weight excluding hydrogens is 323 g/mol. The van der Waals surface area contributed by atoms with E-state index in [2.05, 4.69) is 5.32 Å². The summed E-state index contributed by atoms with van der Waals surface area (Å²) in [6.07, 6.45) is 4.69. The topological polar surface area (TPSA) is 64.3 Å². The number of amides is 1. The van der Waals surface area contributed by atoms with Gasteiger partial charge >= 0.3 is 0 Å². The average molecular weight is 347 g/mol. The van der Waals surface area contributed by atoms with Crippen molar-refractivity contribution in [1.82, 2.24) is 0 Å². The molecule has 22 heavy (non-hydrogen) atoms. The van der Waals surface area contributed by atoms with Crippen molar-refractivity contribution in [1.29, 1.82) is 0 Å². The zero-order chi connectivity index (χ0) is 15.5. The predicted molar refractivity (Wildman–Crippen MR) is 93.1 cm³/mol. The number of benzene rings is 1. The average Bonchev–Trinajstić information content (AvgIpc) is 2.42. The second kappa shape index (κ2) is 8.04. The third-order valence-corrected chi connectivity index (χ3v) is 4.05. The first-order valence-corrected chi connectivity index (χ1v) is 7.85. The Balaban J connectivity index is 0.00000242. The Bertz CT molecular complexity index is 515. The lowest BCUT2D eigenvalue weighted by molar-refractivity contribution is -0.122. The standard InChI is InChI=1S/C16H23ClN2O2.ClH/c1-11(2)21-14-7-6-12(10-13(14)17)19-15(20)16(18)8-4-3-5-9-16;/h6-7,10-11H,3-5,8-9,18H2,1-2H3,(H,19,20);1H. The molecule has 1 aliphatic carbocycles. The minimum absolute atomic E-state index is 0. The van der Waals surface area contributed by atoms with E-state index in [-0.39, 0.29) is 24.4 Å². The minimum atomic E-state index is -0.752. The maximum Gasteiger partial charge on any atom is 0.244 e. The van der Waals surface area contributed by atoms with Gasteiger partial charge in [0.1, 0.15) is 5.75 Å². The lowest BCUT2D eigenvalue weighted by atomic mass is 9.82. The molecule has 1 aromatic carbocycles. The van der Waals surface area contributed by atoms with Crippen molar-refractivity contribution in [2.45, 2.75) is 57.6 Å². The van der Waals surface area contributed by atoms with Crippen molar-refractivity contribution in [3.05, 3.63) is 23.2 Å². The van der Waals surface area contributed by atoms with Gasteiger partial charge in [-0.25, -0.2) is 0 Å². The summed E-state index contributed by atoms with van der Waals surface area (Å²) in [5.41, 5.74) is 6.11. The summed E-state index contributed by atoms with van der Waals surface area (Å²) in [5, 5.41) is 3.35. The van der Waals surface area contributed by atoms with Gasteiger partial charge in [-0.1, -0.05) is 30.9 Å². The van der Waals surface area contributed by atoms with Crippen LogP contribution in [0.25, 0.3) is 0 Å². The summed E-state index contributed by atoms with van der Waals surface area (Å²) in [6.45, 7) is 3.88. The van der Waals surface area contributed by atoms with Crippen LogP contribution in [-0.4, -0.2) is 17.6 Å². The van der Waals surface area contributed by atoms with E-state index in [1.165, 1.54) is 0 Å². The van der Waals surface area contributed by atoms with Crippen LogP contribution < -0.4 is 15.8 Å². The van der Waals surface area contributed by atoms with E-state index in [1.54, 1.807) is 18.2 Å². The van der Waals surface area contributed by atoms with Gasteiger partial charge in [0.25, 0.3) is 0 Å². The van der Waals surface area contributed by atoms with E-state index in [1.807, 2.05) is 13.8 Å². The summed E-state index contributed by atoms with van der Waals surface area (Å²) in [5.74, 6) is 0.487. The number of nitrogens with two attached hydrogens (primary N) is 1. The molecule has 1 amide bonds. The first kappa shape index (κ1) is 19.1. The largest absolute Gasteiger partial charge is 0.489 e. The molecule has 6 heteroatoms. The molecule has 0 bridgehead atoms. The highest BCUT2D eigenvalue weighted by molar-refractivity contribution is 6.32. The van der Waals surface area contributed by atoms with Crippen molar-refractivity contribution >= 4 is 35.6 Å². The molecular formula is C16H24Cl2N2O2. The van der Waals surface area contributed by atoms with E-state index < -0.39 is 5.54 Å². The number of hydrogen-bond donors (Lipinski definition) is 2. The van der Waals surface area contributed by atoms with Crippen LogP contribution in [0, 0.1) is 0 Å². The molecule has 0 aromatic heterocycles. The van der Waals surface area contributed by atoms with E-state index in [4.69, 9.17) is 22.1 Å². The smallest absolute Gasteiger partial charge is 0.244 e. The molecule has 1 saturated carbocycles. The van der Waals surface area contributed by atoms with Crippen molar-refractivity contribution in [3.8, 4) is 5.75 Å². The Labute approximate surface area is 143 Å². The lowest BCUT2D eigenvalue weighted by Crippen LogP contribution is -2.52. The number of halogens is 2. The van der Waals surface area contributed by atoms with Gasteiger partial charge in [0.15, 0.2) is 0 Å². The maximum atomic E-state index is 12.4. The molecule has 0 spiro atoms. The zero-order valence-corrected chi connectivity index (χ0v) is 14.6. The van der Waals surface area contributed by atoms with Gasteiger partial charge in [-0.3, -0.25) is 4.79 Å². The van der Waals surface area contributed by atoms with Crippen LogP contribution in [0.3, 0.4) is 0 Å². The molecule has 0 radical (unpaired) electrons. The summed E-state index contributed by atoms with van der Waals surface area (Å²) < 4.78 is 5.57. The van der Waals surface area contributed by atoms with E-state index in [0.717, 1.165) is 32.1 Å². The fourth-order valence-electron chi connectivity index (χ4n) is 2.59. The Morgan fingerprint density at radius 2 is 1.95 bits per heavy atom. The second-order valence-electron chi connectivity index (χ2n) is 5.98. The van der Waals surface area contributed by atoms with E-state index >= 15 is 0 Å². The second-order valence-corrected chi connectivity index (χ2v) is 6.39. The van der Waals surface area contributed by atoms with Gasteiger partial charge in [-0.2, -0.15) is 0 Å². The first-order chi connectivity index (χ1) is 9.90. The Kier molecular flexibility index (Phi) is 6.98. The predicted octanol–water partition coefficient (Wildman–Crippen LogP) is 4.15. The number of hydrogen-bond acceptors (Lipinski definition) is 3. The summed E-state index contributed by atoms with van der Waals surface area (Å²) in [6, 6.07) is 5.25. The van der Waals surface area contributed by atoms with Crippen molar-refractivity contribution < 1.29 is 9.53 Å². The Morgan fingerprint density at radius 3 is 2.50 bits per heavy atom. The number of rotatable bonds is 4. The van der Waals surface area contributed by atoms with Gasteiger partial charge in [-0.15, -0.1) is 12.4 Å². The zero-order valence-electron chi connectivity index (χ0n) is 13.0. The molecule has 0 atom stereocenters. The quantitative estimate of drug-likeness (QED) is 0.860. The SMILES string of the molecule is CC(C)Oc1ccc(NC(=O)C2(N)CCCCC2)cc1Cl.Cl. The molecule has 0 aliphatic heterocycles. The van der Waals surface area contributed by atoms with Gasteiger partial charge in [0, 0.05) is 5.69 Å². The summed E-state index contributed by atoms with van der Waals surface area (Å²) >= 11 is 6.17. The van der Waals surface area contributed by atoms with Crippen LogP contribution >= 0.6 is 24.0 Å². The van der Waals surface area contributed by atoms with Crippen LogP contribution in [0.1, 0.15) is 46.0 Å². The molecule has 4 nitrogen and oxygen atoms in total. The highest BCUT2D eigenvalue weighted by Crippen LogP contribution is 2.30. The Hall–Kier alpha value is -0.970. The van der Waals surface area contributed by atoms with Crippen LogP contribution in [0.2, 0.25) is 5.02 Å².